The maximum Gasteiger partial charge on any atom is 0.410 e. The van der Waals surface area contributed by atoms with E-state index in [4.69, 9.17) is 10.5 Å². The van der Waals surface area contributed by atoms with Crippen molar-refractivity contribution in [3.05, 3.63) is 35.9 Å². The van der Waals surface area contributed by atoms with Gasteiger partial charge in [0.1, 0.15) is 6.61 Å². The van der Waals surface area contributed by atoms with Gasteiger partial charge in [0.15, 0.2) is 0 Å². The van der Waals surface area contributed by atoms with Crippen molar-refractivity contribution in [2.75, 3.05) is 26.2 Å². The fourth-order valence-corrected chi connectivity index (χ4v) is 3.09. The van der Waals surface area contributed by atoms with E-state index in [2.05, 4.69) is 4.90 Å². The Bertz CT molecular complexity index is 478. The van der Waals surface area contributed by atoms with Crippen LogP contribution in [0.3, 0.4) is 0 Å². The van der Waals surface area contributed by atoms with Crippen molar-refractivity contribution in [3.8, 4) is 0 Å². The number of nitrogens with two attached hydrogens (primary N) is 1. The van der Waals surface area contributed by atoms with E-state index in [9.17, 15) is 4.79 Å². The lowest BCUT2D eigenvalue weighted by atomic mass is 10.2. The first-order valence-corrected chi connectivity index (χ1v) is 8.53. The lowest BCUT2D eigenvalue weighted by Crippen LogP contribution is -2.47. The number of likely N-dealkylation sites (tertiary alicyclic amines) is 1. The molecule has 5 heteroatoms. The normalized spacial score (nSPS) is 18.3. The maximum atomic E-state index is 12.5. The van der Waals surface area contributed by atoms with Gasteiger partial charge < -0.3 is 15.4 Å². The summed E-state index contributed by atoms with van der Waals surface area (Å²) in [4.78, 5) is 16.7. The van der Waals surface area contributed by atoms with Crippen LogP contribution in [-0.4, -0.2) is 54.2 Å². The number of amides is 1. The summed E-state index contributed by atoms with van der Waals surface area (Å²) in [5, 5.41) is 0. The highest BCUT2D eigenvalue weighted by Gasteiger charge is 2.29. The smallest absolute Gasteiger partial charge is 0.410 e. The number of hydrogen-bond donors (Lipinski definition) is 1. The van der Waals surface area contributed by atoms with Gasteiger partial charge >= 0.3 is 6.09 Å². The third kappa shape index (κ3) is 5.22. The molecular weight excluding hydrogens is 290 g/mol. The van der Waals surface area contributed by atoms with Gasteiger partial charge in [0.25, 0.3) is 0 Å². The summed E-state index contributed by atoms with van der Waals surface area (Å²) >= 11 is 0. The van der Waals surface area contributed by atoms with Crippen LogP contribution in [-0.2, 0) is 11.3 Å². The van der Waals surface area contributed by atoms with Gasteiger partial charge in [0.05, 0.1) is 0 Å². The number of ether oxygens (including phenoxy) is 1. The van der Waals surface area contributed by atoms with Crippen LogP contribution in [0.15, 0.2) is 30.3 Å². The van der Waals surface area contributed by atoms with E-state index in [0.29, 0.717) is 25.7 Å². The van der Waals surface area contributed by atoms with Crippen LogP contribution >= 0.6 is 0 Å². The van der Waals surface area contributed by atoms with E-state index < -0.39 is 0 Å². The predicted octanol–water partition coefficient (Wildman–Crippen LogP) is 2.46. The zero-order valence-corrected chi connectivity index (χ0v) is 14.3. The Kier molecular flexibility index (Phi) is 6.86. The predicted molar refractivity (Wildman–Crippen MR) is 92.1 cm³/mol. The van der Waals surface area contributed by atoms with Crippen LogP contribution in [0.5, 0.6) is 0 Å². The third-order valence-corrected chi connectivity index (χ3v) is 4.39. The van der Waals surface area contributed by atoms with Crippen LogP contribution in [0.1, 0.15) is 32.3 Å². The molecule has 0 unspecified atom stereocenters. The molecule has 0 aromatic heterocycles. The molecule has 23 heavy (non-hydrogen) atoms. The molecule has 0 spiro atoms. The Morgan fingerprint density at radius 3 is 2.78 bits per heavy atom. The van der Waals surface area contributed by atoms with Crippen molar-refractivity contribution in [1.82, 2.24) is 9.80 Å². The standard InChI is InChI=1S/C18H29N3O2/c1-15(2)21(13-17-9-6-11-20(17)12-10-19)18(22)23-14-16-7-4-3-5-8-16/h3-5,7-8,15,17H,6,9-14,19H2,1-2H3/t17-/m0/s1. The molecule has 2 rings (SSSR count). The Morgan fingerprint density at radius 1 is 1.39 bits per heavy atom. The molecule has 1 aromatic rings. The molecule has 1 heterocycles. The molecule has 1 aromatic carbocycles. The molecule has 0 radical (unpaired) electrons. The van der Waals surface area contributed by atoms with E-state index in [1.165, 1.54) is 6.42 Å². The molecule has 1 amide bonds. The minimum Gasteiger partial charge on any atom is -0.445 e. The lowest BCUT2D eigenvalue weighted by Gasteiger charge is -2.32. The number of carbonyl (C=O) groups excluding carboxylic acids is 1. The minimum absolute atomic E-state index is 0.124. The number of benzene rings is 1. The fourth-order valence-electron chi connectivity index (χ4n) is 3.09. The first kappa shape index (κ1) is 17.8. The molecule has 1 aliphatic heterocycles. The van der Waals surface area contributed by atoms with Crippen molar-refractivity contribution in [2.24, 2.45) is 5.73 Å². The Labute approximate surface area is 139 Å². The second kappa shape index (κ2) is 8.89. The Hall–Kier alpha value is -1.59. The van der Waals surface area contributed by atoms with Crippen LogP contribution in [0.2, 0.25) is 0 Å². The monoisotopic (exact) mass is 319 g/mol. The van der Waals surface area contributed by atoms with E-state index in [1.807, 2.05) is 49.1 Å². The highest BCUT2D eigenvalue weighted by atomic mass is 16.6. The Balaban J connectivity index is 1.90. The summed E-state index contributed by atoms with van der Waals surface area (Å²) in [6.45, 7) is 7.74. The van der Waals surface area contributed by atoms with Crippen molar-refractivity contribution in [2.45, 2.75) is 45.4 Å². The van der Waals surface area contributed by atoms with Gasteiger partial charge in [-0.15, -0.1) is 0 Å². The largest absolute Gasteiger partial charge is 0.445 e. The molecule has 1 saturated heterocycles. The average molecular weight is 319 g/mol. The van der Waals surface area contributed by atoms with Gasteiger partial charge in [-0.1, -0.05) is 30.3 Å². The minimum atomic E-state index is -0.233. The molecule has 2 N–H and O–H groups in total. The molecule has 5 nitrogen and oxygen atoms in total. The number of rotatable bonds is 7. The zero-order chi connectivity index (χ0) is 16.7. The van der Waals surface area contributed by atoms with E-state index in [1.54, 1.807) is 0 Å². The summed E-state index contributed by atoms with van der Waals surface area (Å²) in [5.74, 6) is 0. The summed E-state index contributed by atoms with van der Waals surface area (Å²) in [7, 11) is 0. The van der Waals surface area contributed by atoms with Gasteiger partial charge in [0, 0.05) is 31.7 Å². The van der Waals surface area contributed by atoms with Crippen LogP contribution in [0, 0.1) is 0 Å². The zero-order valence-electron chi connectivity index (χ0n) is 14.3. The van der Waals surface area contributed by atoms with E-state index >= 15 is 0 Å². The fraction of sp³-hybridized carbons (Fsp3) is 0.611. The van der Waals surface area contributed by atoms with Crippen LogP contribution < -0.4 is 5.73 Å². The molecule has 1 atom stereocenters. The number of nitrogens with zero attached hydrogens (tertiary/aromatic N) is 2. The summed E-state index contributed by atoms with van der Waals surface area (Å²) < 4.78 is 5.50. The number of hydrogen-bond acceptors (Lipinski definition) is 4. The quantitative estimate of drug-likeness (QED) is 0.839. The second-order valence-electron chi connectivity index (χ2n) is 6.41. The first-order valence-electron chi connectivity index (χ1n) is 8.53. The molecule has 1 aliphatic rings. The molecule has 1 fully saturated rings. The van der Waals surface area contributed by atoms with Crippen LogP contribution in [0.4, 0.5) is 4.79 Å². The summed E-state index contributed by atoms with van der Waals surface area (Å²) in [5.41, 5.74) is 6.70. The molecule has 128 valence electrons. The first-order chi connectivity index (χ1) is 11.1. The SMILES string of the molecule is CC(C)N(C[C@@H]1CCCN1CCN)C(=O)OCc1ccccc1. The van der Waals surface area contributed by atoms with Crippen LogP contribution in [0.25, 0.3) is 0 Å². The average Bonchev–Trinajstić information content (AvgIpc) is 2.98. The maximum absolute atomic E-state index is 12.5. The number of carbonyl (C=O) groups is 1. The summed E-state index contributed by atoms with van der Waals surface area (Å²) in [6, 6.07) is 10.3. The van der Waals surface area contributed by atoms with Gasteiger partial charge in [-0.25, -0.2) is 4.79 Å². The van der Waals surface area contributed by atoms with Gasteiger partial charge in [-0.2, -0.15) is 0 Å². The van der Waals surface area contributed by atoms with E-state index in [-0.39, 0.29) is 12.1 Å². The van der Waals surface area contributed by atoms with Gasteiger partial charge in [-0.05, 0) is 38.8 Å². The van der Waals surface area contributed by atoms with Crippen molar-refractivity contribution in [3.63, 3.8) is 0 Å². The highest BCUT2D eigenvalue weighted by Crippen LogP contribution is 2.19. The molecule has 0 bridgehead atoms. The van der Waals surface area contributed by atoms with Crippen molar-refractivity contribution in [1.29, 1.82) is 0 Å². The summed E-state index contributed by atoms with van der Waals surface area (Å²) in [6.07, 6.45) is 2.06. The molecular formula is C18H29N3O2. The topological polar surface area (TPSA) is 58.8 Å². The third-order valence-electron chi connectivity index (χ3n) is 4.39. The molecule has 0 saturated carbocycles. The van der Waals surface area contributed by atoms with E-state index in [0.717, 1.165) is 25.1 Å². The Morgan fingerprint density at radius 2 is 2.13 bits per heavy atom. The van der Waals surface area contributed by atoms with Crippen molar-refractivity contribution < 1.29 is 9.53 Å². The highest BCUT2D eigenvalue weighted by molar-refractivity contribution is 5.68. The van der Waals surface area contributed by atoms with Crippen molar-refractivity contribution >= 4 is 6.09 Å². The molecule has 0 aliphatic carbocycles. The van der Waals surface area contributed by atoms with Gasteiger partial charge in [-0.3, -0.25) is 4.90 Å². The van der Waals surface area contributed by atoms with Gasteiger partial charge in [0.2, 0.25) is 0 Å². The lowest BCUT2D eigenvalue weighted by molar-refractivity contribution is 0.0738. The second-order valence-corrected chi connectivity index (χ2v) is 6.41.